The highest BCUT2D eigenvalue weighted by molar-refractivity contribution is 5.79. The van der Waals surface area contributed by atoms with Crippen LogP contribution in [0, 0.1) is 0 Å². The lowest BCUT2D eigenvalue weighted by Crippen LogP contribution is -2.51. The molecule has 2 fully saturated rings. The van der Waals surface area contributed by atoms with Gasteiger partial charge in [0.05, 0.1) is 26.4 Å². The van der Waals surface area contributed by atoms with Gasteiger partial charge in [-0.05, 0) is 0 Å². The minimum absolute atomic E-state index is 0.0253. The van der Waals surface area contributed by atoms with E-state index in [1.54, 1.807) is 4.90 Å². The molecular weight excluding hydrogens is 240 g/mol. The molecule has 102 valence electrons. The summed E-state index contributed by atoms with van der Waals surface area (Å²) < 4.78 is 10.4. The lowest BCUT2D eigenvalue weighted by atomic mass is 10.1. The first-order valence-electron chi connectivity index (χ1n) is 6.10. The van der Waals surface area contributed by atoms with E-state index in [1.165, 1.54) is 0 Å². The minimum Gasteiger partial charge on any atom is -0.479 e. The molecule has 0 radical (unpaired) electrons. The Labute approximate surface area is 105 Å². The van der Waals surface area contributed by atoms with Crippen LogP contribution in [-0.4, -0.2) is 73.5 Å². The lowest BCUT2D eigenvalue weighted by Gasteiger charge is -2.32. The number of amides is 1. The summed E-state index contributed by atoms with van der Waals surface area (Å²) in [5.41, 5.74) is 0. The molecule has 2 unspecified atom stereocenters. The number of carbonyl (C=O) groups excluding carboxylic acids is 1. The van der Waals surface area contributed by atoms with Gasteiger partial charge in [0, 0.05) is 25.6 Å². The van der Waals surface area contributed by atoms with Crippen molar-refractivity contribution < 1.29 is 24.2 Å². The van der Waals surface area contributed by atoms with Crippen molar-refractivity contribution in [1.29, 1.82) is 0 Å². The number of nitrogens with zero attached hydrogens (tertiary/aromatic N) is 1. The summed E-state index contributed by atoms with van der Waals surface area (Å²) in [5, 5.41) is 12.1. The van der Waals surface area contributed by atoms with E-state index in [-0.39, 0.29) is 25.1 Å². The fourth-order valence-electron chi connectivity index (χ4n) is 2.12. The predicted octanol–water partition coefficient (Wildman–Crippen LogP) is -1.32. The summed E-state index contributed by atoms with van der Waals surface area (Å²) in [7, 11) is 0. The number of morpholine rings is 2. The molecule has 0 aliphatic carbocycles. The van der Waals surface area contributed by atoms with Gasteiger partial charge >= 0.3 is 5.97 Å². The first-order valence-corrected chi connectivity index (χ1v) is 6.10. The Hall–Kier alpha value is -1.18. The van der Waals surface area contributed by atoms with E-state index < -0.39 is 12.1 Å². The molecule has 2 aliphatic heterocycles. The van der Waals surface area contributed by atoms with Crippen LogP contribution in [0.3, 0.4) is 0 Å². The quantitative estimate of drug-likeness (QED) is 0.652. The van der Waals surface area contributed by atoms with Crippen LogP contribution < -0.4 is 5.32 Å². The summed E-state index contributed by atoms with van der Waals surface area (Å²) in [4.78, 5) is 24.4. The minimum atomic E-state index is -1.02. The molecule has 7 nitrogen and oxygen atoms in total. The fraction of sp³-hybridized carbons (Fsp3) is 0.818. The van der Waals surface area contributed by atoms with Crippen LogP contribution in [0.4, 0.5) is 0 Å². The van der Waals surface area contributed by atoms with E-state index in [0.29, 0.717) is 26.2 Å². The number of carboxylic acids is 1. The van der Waals surface area contributed by atoms with Crippen molar-refractivity contribution in [1.82, 2.24) is 10.2 Å². The molecule has 0 aromatic rings. The van der Waals surface area contributed by atoms with E-state index in [9.17, 15) is 9.59 Å². The molecule has 2 heterocycles. The van der Waals surface area contributed by atoms with E-state index in [0.717, 1.165) is 6.54 Å². The van der Waals surface area contributed by atoms with E-state index in [4.69, 9.17) is 14.6 Å². The summed E-state index contributed by atoms with van der Waals surface area (Å²) in [6.45, 7) is 2.80. The van der Waals surface area contributed by atoms with Crippen molar-refractivity contribution in [2.24, 2.45) is 0 Å². The Balaban J connectivity index is 1.82. The zero-order chi connectivity index (χ0) is 13.0. The standard InChI is InChI=1S/C11H18N2O5/c14-10(5-8-7-17-3-1-12-8)13-2-4-18-9(6-13)11(15)16/h8-9,12H,1-7H2,(H,15,16). The van der Waals surface area contributed by atoms with Crippen molar-refractivity contribution >= 4 is 11.9 Å². The van der Waals surface area contributed by atoms with Crippen LogP contribution in [-0.2, 0) is 19.1 Å². The topological polar surface area (TPSA) is 88.1 Å². The molecule has 0 spiro atoms. The molecule has 2 rings (SSSR count). The molecule has 2 atom stereocenters. The highest BCUT2D eigenvalue weighted by Gasteiger charge is 2.30. The van der Waals surface area contributed by atoms with Gasteiger partial charge in [-0.25, -0.2) is 4.79 Å². The molecule has 2 aliphatic rings. The van der Waals surface area contributed by atoms with Crippen molar-refractivity contribution in [2.45, 2.75) is 18.6 Å². The molecule has 1 amide bonds. The third-order valence-electron chi connectivity index (χ3n) is 3.11. The van der Waals surface area contributed by atoms with Gasteiger partial charge in [-0.15, -0.1) is 0 Å². The van der Waals surface area contributed by atoms with Gasteiger partial charge in [0.15, 0.2) is 6.10 Å². The van der Waals surface area contributed by atoms with E-state index in [2.05, 4.69) is 5.32 Å². The zero-order valence-electron chi connectivity index (χ0n) is 10.1. The third kappa shape index (κ3) is 3.41. The van der Waals surface area contributed by atoms with Crippen molar-refractivity contribution in [2.75, 3.05) is 39.5 Å². The molecule has 2 saturated heterocycles. The predicted molar refractivity (Wildman–Crippen MR) is 61.2 cm³/mol. The zero-order valence-corrected chi connectivity index (χ0v) is 10.1. The fourth-order valence-corrected chi connectivity index (χ4v) is 2.12. The van der Waals surface area contributed by atoms with Crippen LogP contribution in [0.15, 0.2) is 0 Å². The average molecular weight is 258 g/mol. The highest BCUT2D eigenvalue weighted by Crippen LogP contribution is 2.09. The van der Waals surface area contributed by atoms with Crippen LogP contribution >= 0.6 is 0 Å². The molecule has 7 heteroatoms. The molecular formula is C11H18N2O5. The second kappa shape index (κ2) is 6.12. The first kappa shape index (κ1) is 13.3. The number of carboxylic acid groups (broad SMARTS) is 1. The smallest absolute Gasteiger partial charge is 0.334 e. The Kier molecular flexibility index (Phi) is 4.51. The Morgan fingerprint density at radius 3 is 2.89 bits per heavy atom. The SMILES string of the molecule is O=C(O)C1CN(C(=O)CC2COCCN2)CCO1. The number of aliphatic carboxylic acids is 1. The Morgan fingerprint density at radius 1 is 1.39 bits per heavy atom. The van der Waals surface area contributed by atoms with Crippen molar-refractivity contribution in [3.8, 4) is 0 Å². The van der Waals surface area contributed by atoms with Crippen LogP contribution in [0.5, 0.6) is 0 Å². The monoisotopic (exact) mass is 258 g/mol. The Morgan fingerprint density at radius 2 is 2.22 bits per heavy atom. The number of hydrogen-bond donors (Lipinski definition) is 2. The normalized spacial score (nSPS) is 29.0. The molecule has 0 aromatic carbocycles. The van der Waals surface area contributed by atoms with Crippen LogP contribution in [0.25, 0.3) is 0 Å². The highest BCUT2D eigenvalue weighted by atomic mass is 16.5. The van der Waals surface area contributed by atoms with Gasteiger partial charge in [0.2, 0.25) is 5.91 Å². The Bertz CT molecular complexity index is 317. The lowest BCUT2D eigenvalue weighted by molar-refractivity contribution is -0.159. The number of nitrogens with one attached hydrogen (secondary N) is 1. The number of hydrogen-bond acceptors (Lipinski definition) is 5. The second-order valence-electron chi connectivity index (χ2n) is 4.47. The van der Waals surface area contributed by atoms with E-state index >= 15 is 0 Å². The van der Waals surface area contributed by atoms with Gasteiger partial charge in [-0.1, -0.05) is 0 Å². The number of carbonyl (C=O) groups is 2. The maximum atomic E-state index is 12.0. The van der Waals surface area contributed by atoms with Crippen LogP contribution in [0.2, 0.25) is 0 Å². The average Bonchev–Trinajstić information content (AvgIpc) is 2.40. The van der Waals surface area contributed by atoms with Gasteiger partial charge < -0.3 is 24.8 Å². The summed E-state index contributed by atoms with van der Waals surface area (Å²) in [6, 6.07) is 0.0253. The van der Waals surface area contributed by atoms with Crippen LogP contribution in [0.1, 0.15) is 6.42 Å². The molecule has 0 bridgehead atoms. The largest absolute Gasteiger partial charge is 0.479 e. The van der Waals surface area contributed by atoms with Gasteiger partial charge in [-0.3, -0.25) is 4.79 Å². The summed E-state index contributed by atoms with van der Waals surface area (Å²) in [5.74, 6) is -1.07. The first-order chi connectivity index (χ1) is 8.66. The van der Waals surface area contributed by atoms with Gasteiger partial charge in [0.1, 0.15) is 0 Å². The second-order valence-corrected chi connectivity index (χ2v) is 4.47. The van der Waals surface area contributed by atoms with Gasteiger partial charge in [0.25, 0.3) is 0 Å². The summed E-state index contributed by atoms with van der Waals surface area (Å²) in [6.07, 6.45) is -0.565. The van der Waals surface area contributed by atoms with E-state index in [1.807, 2.05) is 0 Å². The third-order valence-corrected chi connectivity index (χ3v) is 3.11. The molecule has 0 aromatic heterocycles. The summed E-state index contributed by atoms with van der Waals surface area (Å²) >= 11 is 0. The molecule has 2 N–H and O–H groups in total. The maximum Gasteiger partial charge on any atom is 0.334 e. The van der Waals surface area contributed by atoms with Crippen molar-refractivity contribution in [3.05, 3.63) is 0 Å². The molecule has 18 heavy (non-hydrogen) atoms. The molecule has 0 saturated carbocycles. The number of rotatable bonds is 3. The number of ether oxygens (including phenoxy) is 2. The van der Waals surface area contributed by atoms with Gasteiger partial charge in [-0.2, -0.15) is 0 Å². The van der Waals surface area contributed by atoms with Crippen molar-refractivity contribution in [3.63, 3.8) is 0 Å². The maximum absolute atomic E-state index is 12.0.